The van der Waals surface area contributed by atoms with Crippen LogP contribution in [0.3, 0.4) is 0 Å². The Morgan fingerprint density at radius 3 is 2.83 bits per heavy atom. The molecule has 0 spiro atoms. The average Bonchev–Trinajstić information content (AvgIpc) is 2.05. The number of aliphatic carboxylic acids is 1. The molecule has 12 heavy (non-hydrogen) atoms. The van der Waals surface area contributed by atoms with Crippen LogP contribution in [0.4, 0.5) is 0 Å². The molecule has 1 heterocycles. The van der Waals surface area contributed by atoms with E-state index >= 15 is 0 Å². The molecule has 0 unspecified atom stereocenters. The Morgan fingerprint density at radius 1 is 1.67 bits per heavy atom. The average molecular weight is 196 g/mol. The Bertz CT molecular complexity index is 154. The first-order valence-corrected chi connectivity index (χ1v) is 3.73. The molecule has 0 saturated carbocycles. The Labute approximate surface area is 77.7 Å². The molecule has 0 aromatic rings. The maximum atomic E-state index is 10.5. The highest BCUT2D eigenvalue weighted by atomic mass is 35.5. The normalized spacial score (nSPS) is 29.1. The first kappa shape index (κ1) is 11.7. The van der Waals surface area contributed by atoms with E-state index in [1.54, 1.807) is 7.11 Å². The zero-order valence-electron chi connectivity index (χ0n) is 6.95. The van der Waals surface area contributed by atoms with E-state index in [4.69, 9.17) is 9.84 Å². The highest BCUT2D eigenvalue weighted by Crippen LogP contribution is 2.11. The van der Waals surface area contributed by atoms with Gasteiger partial charge in [0, 0.05) is 7.11 Å². The van der Waals surface area contributed by atoms with E-state index in [2.05, 4.69) is 5.32 Å². The molecular formula is C7H14ClNO3. The van der Waals surface area contributed by atoms with E-state index in [0.717, 1.165) is 13.0 Å². The van der Waals surface area contributed by atoms with Gasteiger partial charge in [0.25, 0.3) is 0 Å². The van der Waals surface area contributed by atoms with Gasteiger partial charge in [0.15, 0.2) is 0 Å². The molecule has 2 atom stereocenters. The molecule has 4 nitrogen and oxygen atoms in total. The second kappa shape index (κ2) is 5.35. The third-order valence-electron chi connectivity index (χ3n) is 1.99. The van der Waals surface area contributed by atoms with Gasteiger partial charge in [-0.05, 0) is 19.4 Å². The number of hydrogen-bond donors (Lipinski definition) is 2. The fraction of sp³-hybridized carbons (Fsp3) is 0.857. The summed E-state index contributed by atoms with van der Waals surface area (Å²) in [6.45, 7) is 0.732. The van der Waals surface area contributed by atoms with Crippen LogP contribution in [-0.2, 0) is 9.53 Å². The molecule has 1 saturated heterocycles. The Morgan fingerprint density at radius 2 is 2.33 bits per heavy atom. The lowest BCUT2D eigenvalue weighted by molar-refractivity contribution is -0.141. The monoisotopic (exact) mass is 195 g/mol. The molecule has 1 aliphatic rings. The predicted octanol–water partition coefficient (Wildman–Crippen LogP) is 0.260. The molecule has 0 radical (unpaired) electrons. The van der Waals surface area contributed by atoms with E-state index in [-0.39, 0.29) is 18.5 Å². The van der Waals surface area contributed by atoms with Crippen molar-refractivity contribution in [1.82, 2.24) is 5.32 Å². The van der Waals surface area contributed by atoms with E-state index < -0.39 is 12.0 Å². The minimum absolute atomic E-state index is 0. The van der Waals surface area contributed by atoms with E-state index in [1.165, 1.54) is 0 Å². The summed E-state index contributed by atoms with van der Waals surface area (Å²) < 4.78 is 5.07. The van der Waals surface area contributed by atoms with Gasteiger partial charge in [0.1, 0.15) is 6.04 Å². The fourth-order valence-corrected chi connectivity index (χ4v) is 1.28. The summed E-state index contributed by atoms with van der Waals surface area (Å²) >= 11 is 0. The van der Waals surface area contributed by atoms with E-state index in [9.17, 15) is 4.79 Å². The molecule has 2 N–H and O–H groups in total. The standard InChI is InChI=1S/C7H13NO3.ClH/c1-11-5-2-3-8-6(4-5)7(9)10;/h5-6,8H,2-4H2,1H3,(H,9,10);1H/t5-,6+;/m0./s1. The number of nitrogens with one attached hydrogen (secondary N) is 1. The zero-order chi connectivity index (χ0) is 8.27. The third kappa shape index (κ3) is 2.97. The van der Waals surface area contributed by atoms with Crippen LogP contribution in [0.5, 0.6) is 0 Å². The van der Waals surface area contributed by atoms with Gasteiger partial charge in [-0.2, -0.15) is 0 Å². The number of carboxylic acid groups (broad SMARTS) is 1. The number of hydrogen-bond acceptors (Lipinski definition) is 3. The highest BCUT2D eigenvalue weighted by Gasteiger charge is 2.25. The molecule has 1 fully saturated rings. The minimum atomic E-state index is -0.785. The second-order valence-electron chi connectivity index (χ2n) is 2.73. The van der Waals surface area contributed by atoms with Crippen LogP contribution in [0, 0.1) is 0 Å². The number of halogens is 1. The lowest BCUT2D eigenvalue weighted by Gasteiger charge is -2.26. The number of rotatable bonds is 2. The van der Waals surface area contributed by atoms with Crippen LogP contribution in [0.2, 0.25) is 0 Å². The SMILES string of the molecule is CO[C@H]1CCN[C@@H](C(=O)O)C1.Cl. The highest BCUT2D eigenvalue weighted by molar-refractivity contribution is 5.85. The van der Waals surface area contributed by atoms with Crippen LogP contribution in [0.1, 0.15) is 12.8 Å². The van der Waals surface area contributed by atoms with E-state index in [0.29, 0.717) is 6.42 Å². The first-order chi connectivity index (χ1) is 5.24. The van der Waals surface area contributed by atoms with Crippen molar-refractivity contribution in [3.8, 4) is 0 Å². The number of carbonyl (C=O) groups is 1. The molecule has 0 bridgehead atoms. The van der Waals surface area contributed by atoms with Crippen molar-refractivity contribution in [3.05, 3.63) is 0 Å². The summed E-state index contributed by atoms with van der Waals surface area (Å²) in [5.41, 5.74) is 0. The van der Waals surface area contributed by atoms with Gasteiger partial charge in [-0.15, -0.1) is 12.4 Å². The number of methoxy groups -OCH3 is 1. The van der Waals surface area contributed by atoms with Crippen molar-refractivity contribution < 1.29 is 14.6 Å². The third-order valence-corrected chi connectivity index (χ3v) is 1.99. The van der Waals surface area contributed by atoms with Crippen molar-refractivity contribution in [1.29, 1.82) is 0 Å². The molecule has 0 aromatic heterocycles. The molecule has 1 aliphatic heterocycles. The van der Waals surface area contributed by atoms with Crippen molar-refractivity contribution in [2.24, 2.45) is 0 Å². The van der Waals surface area contributed by atoms with Gasteiger partial charge in [-0.1, -0.05) is 0 Å². The summed E-state index contributed by atoms with van der Waals surface area (Å²) in [5.74, 6) is -0.785. The van der Waals surface area contributed by atoms with Crippen LogP contribution < -0.4 is 5.32 Å². The van der Waals surface area contributed by atoms with Crippen molar-refractivity contribution in [3.63, 3.8) is 0 Å². The minimum Gasteiger partial charge on any atom is -0.480 e. The van der Waals surface area contributed by atoms with E-state index in [1.807, 2.05) is 0 Å². The van der Waals surface area contributed by atoms with Crippen LogP contribution in [0.25, 0.3) is 0 Å². The molecule has 72 valence electrons. The van der Waals surface area contributed by atoms with Crippen LogP contribution >= 0.6 is 12.4 Å². The first-order valence-electron chi connectivity index (χ1n) is 3.73. The van der Waals surface area contributed by atoms with Gasteiger partial charge >= 0.3 is 5.97 Å². The summed E-state index contributed by atoms with van der Waals surface area (Å²) in [5, 5.41) is 11.5. The molecule has 0 amide bonds. The van der Waals surface area contributed by atoms with Crippen LogP contribution in [0.15, 0.2) is 0 Å². The Kier molecular flexibility index (Phi) is 5.20. The lowest BCUT2D eigenvalue weighted by atomic mass is 10.0. The van der Waals surface area contributed by atoms with Crippen molar-refractivity contribution >= 4 is 18.4 Å². The zero-order valence-corrected chi connectivity index (χ0v) is 7.76. The van der Waals surface area contributed by atoms with Gasteiger partial charge in [0.05, 0.1) is 6.10 Å². The number of carboxylic acids is 1. The summed E-state index contributed by atoms with van der Waals surface area (Å²) in [7, 11) is 1.62. The molecule has 0 aromatic carbocycles. The van der Waals surface area contributed by atoms with Gasteiger partial charge < -0.3 is 15.2 Å². The maximum Gasteiger partial charge on any atom is 0.320 e. The smallest absolute Gasteiger partial charge is 0.320 e. The molecule has 5 heteroatoms. The quantitative estimate of drug-likeness (QED) is 0.664. The Hall–Kier alpha value is -0.320. The second-order valence-corrected chi connectivity index (χ2v) is 2.73. The van der Waals surface area contributed by atoms with Gasteiger partial charge in [-0.3, -0.25) is 4.79 Å². The van der Waals surface area contributed by atoms with Gasteiger partial charge in [0.2, 0.25) is 0 Å². The van der Waals surface area contributed by atoms with Crippen molar-refractivity contribution in [2.75, 3.05) is 13.7 Å². The maximum absolute atomic E-state index is 10.5. The largest absolute Gasteiger partial charge is 0.480 e. The fourth-order valence-electron chi connectivity index (χ4n) is 1.28. The predicted molar refractivity (Wildman–Crippen MR) is 46.7 cm³/mol. The number of ether oxygens (including phenoxy) is 1. The Balaban J connectivity index is 0.00000121. The summed E-state index contributed by atoms with van der Waals surface area (Å²) in [6.07, 6.45) is 1.59. The topological polar surface area (TPSA) is 58.6 Å². The molecule has 0 aliphatic carbocycles. The summed E-state index contributed by atoms with van der Waals surface area (Å²) in [6, 6.07) is -0.423. The summed E-state index contributed by atoms with van der Waals surface area (Å²) in [4.78, 5) is 10.5. The molecular weight excluding hydrogens is 182 g/mol. The lowest BCUT2D eigenvalue weighted by Crippen LogP contribution is -2.45. The number of piperidine rings is 1. The van der Waals surface area contributed by atoms with Crippen molar-refractivity contribution in [2.45, 2.75) is 25.0 Å². The van der Waals surface area contributed by atoms with Gasteiger partial charge in [-0.25, -0.2) is 0 Å². The van der Waals surface area contributed by atoms with Crippen LogP contribution in [-0.4, -0.2) is 36.9 Å². The molecule has 1 rings (SSSR count).